The van der Waals surface area contributed by atoms with Gasteiger partial charge in [-0.15, -0.1) is 5.10 Å². The number of hydrogen-bond donors (Lipinski definition) is 2. The predicted octanol–water partition coefficient (Wildman–Crippen LogP) is 0.638. The number of nitrogens with one attached hydrogen (secondary N) is 2. The number of ether oxygens (including phenoxy) is 1. The number of benzene rings is 1. The van der Waals surface area contributed by atoms with E-state index in [1.54, 1.807) is 12.1 Å². The maximum atomic E-state index is 12.0. The van der Waals surface area contributed by atoms with Crippen LogP contribution in [0.4, 0.5) is 5.69 Å². The molecule has 1 amide bonds. The quantitative estimate of drug-likeness (QED) is 0.738. The smallest absolute Gasteiger partial charge is 0.304 e. The van der Waals surface area contributed by atoms with Gasteiger partial charge in [-0.05, 0) is 6.07 Å². The molecule has 17 heavy (non-hydrogen) atoms. The van der Waals surface area contributed by atoms with E-state index in [4.69, 9.17) is 10.00 Å². The van der Waals surface area contributed by atoms with Crippen LogP contribution in [-0.2, 0) is 15.3 Å². The van der Waals surface area contributed by atoms with Crippen molar-refractivity contribution in [3.8, 4) is 6.07 Å². The molecule has 1 spiro atoms. The molecule has 0 aromatic heterocycles. The Bertz CT molecular complexity index is 575. The number of carbonyl (C=O) groups excluding carboxylic acids is 1. The van der Waals surface area contributed by atoms with Crippen LogP contribution in [0.25, 0.3) is 0 Å². The van der Waals surface area contributed by atoms with Gasteiger partial charge in [0.25, 0.3) is 5.91 Å². The standard InChI is InChI=1S/C11H8N4O2/c12-6-5-9-14-15-11(17-9)7-3-1-2-4-8(7)13-10(11)16/h1-4,15H,5H2,(H,13,16)/t11-/m1/s1. The van der Waals surface area contributed by atoms with Gasteiger partial charge in [0, 0.05) is 0 Å². The topological polar surface area (TPSA) is 86.5 Å². The molecule has 1 atom stereocenters. The summed E-state index contributed by atoms with van der Waals surface area (Å²) >= 11 is 0. The summed E-state index contributed by atoms with van der Waals surface area (Å²) in [5.41, 5.74) is 2.75. The molecular weight excluding hydrogens is 220 g/mol. The van der Waals surface area contributed by atoms with Crippen LogP contribution >= 0.6 is 0 Å². The van der Waals surface area contributed by atoms with Crippen molar-refractivity contribution in [2.24, 2.45) is 5.10 Å². The lowest BCUT2D eigenvalue weighted by atomic mass is 10.1. The van der Waals surface area contributed by atoms with Crippen LogP contribution in [0, 0.1) is 11.3 Å². The van der Waals surface area contributed by atoms with Gasteiger partial charge in [0.2, 0.25) is 5.90 Å². The molecule has 1 aromatic carbocycles. The molecule has 0 saturated carbocycles. The Labute approximate surface area is 96.9 Å². The average Bonchev–Trinajstić information content (AvgIpc) is 2.86. The second-order valence-corrected chi connectivity index (χ2v) is 3.74. The molecule has 0 unspecified atom stereocenters. The van der Waals surface area contributed by atoms with Gasteiger partial charge in [-0.2, -0.15) is 5.26 Å². The number of amides is 1. The Kier molecular flexibility index (Phi) is 1.83. The molecule has 0 fully saturated rings. The fourth-order valence-electron chi connectivity index (χ4n) is 1.95. The summed E-state index contributed by atoms with van der Waals surface area (Å²) in [4.78, 5) is 12.0. The molecule has 1 aromatic rings. The Morgan fingerprint density at radius 1 is 1.47 bits per heavy atom. The number of rotatable bonds is 1. The molecule has 0 saturated heterocycles. The van der Waals surface area contributed by atoms with E-state index in [0.717, 1.165) is 0 Å². The summed E-state index contributed by atoms with van der Waals surface area (Å²) in [7, 11) is 0. The van der Waals surface area contributed by atoms with E-state index in [9.17, 15) is 4.79 Å². The molecule has 2 N–H and O–H groups in total. The van der Waals surface area contributed by atoms with E-state index < -0.39 is 5.72 Å². The van der Waals surface area contributed by atoms with E-state index in [0.29, 0.717) is 11.3 Å². The molecular formula is C11H8N4O2. The highest BCUT2D eigenvalue weighted by molar-refractivity contribution is 6.06. The van der Waals surface area contributed by atoms with Crippen LogP contribution in [0.2, 0.25) is 0 Å². The lowest BCUT2D eigenvalue weighted by Crippen LogP contribution is -2.44. The van der Waals surface area contributed by atoms with Crippen LogP contribution in [0.3, 0.4) is 0 Å². The third-order valence-corrected chi connectivity index (χ3v) is 2.71. The van der Waals surface area contributed by atoms with Crippen LogP contribution in [0.5, 0.6) is 0 Å². The number of anilines is 1. The largest absolute Gasteiger partial charge is 0.437 e. The summed E-state index contributed by atoms with van der Waals surface area (Å²) in [6.45, 7) is 0. The first-order valence-corrected chi connectivity index (χ1v) is 5.07. The molecule has 6 nitrogen and oxygen atoms in total. The zero-order valence-corrected chi connectivity index (χ0v) is 8.73. The molecule has 84 valence electrons. The van der Waals surface area contributed by atoms with E-state index >= 15 is 0 Å². The van der Waals surface area contributed by atoms with Gasteiger partial charge < -0.3 is 10.1 Å². The third-order valence-electron chi connectivity index (χ3n) is 2.71. The lowest BCUT2D eigenvalue weighted by Gasteiger charge is -2.20. The Balaban J connectivity index is 2.01. The summed E-state index contributed by atoms with van der Waals surface area (Å²) in [6.07, 6.45) is 0.0319. The summed E-state index contributed by atoms with van der Waals surface area (Å²) < 4.78 is 5.49. The predicted molar refractivity (Wildman–Crippen MR) is 58.6 cm³/mol. The molecule has 2 aliphatic heterocycles. The second-order valence-electron chi connectivity index (χ2n) is 3.74. The van der Waals surface area contributed by atoms with E-state index in [2.05, 4.69) is 15.8 Å². The minimum Gasteiger partial charge on any atom is -0.437 e. The zero-order chi connectivity index (χ0) is 11.9. The van der Waals surface area contributed by atoms with Crippen molar-refractivity contribution >= 4 is 17.5 Å². The molecule has 0 radical (unpaired) electrons. The summed E-state index contributed by atoms with van der Waals surface area (Å²) in [5, 5.41) is 15.2. The highest BCUT2D eigenvalue weighted by atomic mass is 16.6. The first-order valence-electron chi connectivity index (χ1n) is 5.07. The third kappa shape index (κ3) is 1.19. The number of para-hydroxylation sites is 1. The van der Waals surface area contributed by atoms with Crippen LogP contribution < -0.4 is 10.7 Å². The minimum absolute atomic E-state index is 0.0319. The Morgan fingerprint density at radius 2 is 2.29 bits per heavy atom. The SMILES string of the molecule is N#CCC1=NN[C@]2(O1)C(=O)Nc1ccccc12. The van der Waals surface area contributed by atoms with Gasteiger partial charge in [0.05, 0.1) is 17.3 Å². The van der Waals surface area contributed by atoms with Crippen molar-refractivity contribution in [1.82, 2.24) is 5.43 Å². The number of fused-ring (bicyclic) bond motifs is 2. The van der Waals surface area contributed by atoms with Crippen molar-refractivity contribution in [2.45, 2.75) is 12.1 Å². The van der Waals surface area contributed by atoms with Crippen LogP contribution in [0.15, 0.2) is 29.4 Å². The average molecular weight is 228 g/mol. The number of nitrogens with zero attached hydrogens (tertiary/aromatic N) is 2. The molecule has 6 heteroatoms. The van der Waals surface area contributed by atoms with Crippen molar-refractivity contribution in [1.29, 1.82) is 5.26 Å². The first kappa shape index (κ1) is 9.66. The van der Waals surface area contributed by atoms with Crippen molar-refractivity contribution in [3.05, 3.63) is 29.8 Å². The Hall–Kier alpha value is -2.55. The number of carbonyl (C=O) groups is 1. The van der Waals surface area contributed by atoms with Crippen molar-refractivity contribution < 1.29 is 9.53 Å². The van der Waals surface area contributed by atoms with Gasteiger partial charge in [0.1, 0.15) is 6.42 Å². The molecule has 0 bridgehead atoms. The van der Waals surface area contributed by atoms with Crippen molar-refractivity contribution in [2.75, 3.05) is 5.32 Å². The fourth-order valence-corrected chi connectivity index (χ4v) is 1.95. The number of nitriles is 1. The highest BCUT2D eigenvalue weighted by Crippen LogP contribution is 2.38. The van der Waals surface area contributed by atoms with E-state index in [1.807, 2.05) is 18.2 Å². The van der Waals surface area contributed by atoms with Gasteiger partial charge >= 0.3 is 5.72 Å². The lowest BCUT2D eigenvalue weighted by molar-refractivity contribution is -0.133. The van der Waals surface area contributed by atoms with Gasteiger partial charge in [-0.25, -0.2) is 0 Å². The number of hydrogen-bond acceptors (Lipinski definition) is 5. The molecule has 2 heterocycles. The normalized spacial score (nSPS) is 24.4. The molecule has 3 rings (SSSR count). The fraction of sp³-hybridized carbons (Fsp3) is 0.182. The first-order chi connectivity index (χ1) is 8.26. The van der Waals surface area contributed by atoms with E-state index in [-0.39, 0.29) is 18.2 Å². The Morgan fingerprint density at radius 3 is 3.12 bits per heavy atom. The summed E-state index contributed by atoms with van der Waals surface area (Å²) in [6, 6.07) is 9.13. The minimum atomic E-state index is -1.30. The zero-order valence-electron chi connectivity index (χ0n) is 8.73. The van der Waals surface area contributed by atoms with Gasteiger partial charge in [-0.3, -0.25) is 10.2 Å². The maximum Gasteiger partial charge on any atom is 0.304 e. The van der Waals surface area contributed by atoms with Crippen LogP contribution in [0.1, 0.15) is 12.0 Å². The van der Waals surface area contributed by atoms with Gasteiger partial charge in [-0.1, -0.05) is 18.2 Å². The maximum absolute atomic E-state index is 12.0. The van der Waals surface area contributed by atoms with Gasteiger partial charge in [0.15, 0.2) is 0 Å². The monoisotopic (exact) mass is 228 g/mol. The van der Waals surface area contributed by atoms with Crippen molar-refractivity contribution in [3.63, 3.8) is 0 Å². The second kappa shape index (κ2) is 3.22. The molecule has 0 aliphatic carbocycles. The number of hydrazone groups is 1. The highest BCUT2D eigenvalue weighted by Gasteiger charge is 2.53. The van der Waals surface area contributed by atoms with Crippen LogP contribution in [-0.4, -0.2) is 11.8 Å². The van der Waals surface area contributed by atoms with E-state index in [1.165, 1.54) is 0 Å². The summed E-state index contributed by atoms with van der Waals surface area (Å²) in [5.74, 6) is -0.102. The molecule has 2 aliphatic rings.